The van der Waals surface area contributed by atoms with Crippen molar-refractivity contribution in [3.8, 4) is 0 Å². The van der Waals surface area contributed by atoms with Crippen molar-refractivity contribution >= 4 is 23.1 Å². The SMILES string of the molecule is Cc1cc(NC(C)C)nc(Nc2ccc(N3CCCCC3)cc2)n1. The van der Waals surface area contributed by atoms with E-state index in [1.807, 2.05) is 13.0 Å². The zero-order valence-corrected chi connectivity index (χ0v) is 14.8. The van der Waals surface area contributed by atoms with E-state index in [4.69, 9.17) is 0 Å². The van der Waals surface area contributed by atoms with Crippen molar-refractivity contribution in [2.75, 3.05) is 28.6 Å². The van der Waals surface area contributed by atoms with Gasteiger partial charge in [0.25, 0.3) is 0 Å². The minimum atomic E-state index is 0.343. The lowest BCUT2D eigenvalue weighted by molar-refractivity contribution is 0.578. The van der Waals surface area contributed by atoms with Gasteiger partial charge in [0.2, 0.25) is 5.95 Å². The number of benzene rings is 1. The molecule has 0 atom stereocenters. The summed E-state index contributed by atoms with van der Waals surface area (Å²) in [6.07, 6.45) is 3.94. The molecule has 1 aliphatic rings. The summed E-state index contributed by atoms with van der Waals surface area (Å²) < 4.78 is 0. The summed E-state index contributed by atoms with van der Waals surface area (Å²) in [5, 5.41) is 6.63. The van der Waals surface area contributed by atoms with Crippen LogP contribution in [0.15, 0.2) is 30.3 Å². The van der Waals surface area contributed by atoms with Crippen LogP contribution in [0.4, 0.5) is 23.1 Å². The lowest BCUT2D eigenvalue weighted by Crippen LogP contribution is -2.29. The Morgan fingerprint density at radius 2 is 1.71 bits per heavy atom. The predicted molar refractivity (Wildman–Crippen MR) is 101 cm³/mol. The molecule has 1 saturated heterocycles. The van der Waals surface area contributed by atoms with Crippen LogP contribution in [0.3, 0.4) is 0 Å². The Kier molecular flexibility index (Phi) is 5.18. The van der Waals surface area contributed by atoms with Crippen molar-refractivity contribution in [2.45, 2.75) is 46.1 Å². The monoisotopic (exact) mass is 325 g/mol. The van der Waals surface area contributed by atoms with Crippen LogP contribution >= 0.6 is 0 Å². The number of anilines is 4. The molecular weight excluding hydrogens is 298 g/mol. The van der Waals surface area contributed by atoms with Crippen LogP contribution in [0.1, 0.15) is 38.8 Å². The number of nitrogens with one attached hydrogen (secondary N) is 2. The Morgan fingerprint density at radius 3 is 2.38 bits per heavy atom. The van der Waals surface area contributed by atoms with E-state index in [0.717, 1.165) is 30.3 Å². The molecular formula is C19H27N5. The van der Waals surface area contributed by atoms with Crippen LogP contribution in [-0.2, 0) is 0 Å². The van der Waals surface area contributed by atoms with Crippen molar-refractivity contribution in [3.63, 3.8) is 0 Å². The first-order valence-electron chi connectivity index (χ1n) is 8.84. The molecule has 0 saturated carbocycles. The fraction of sp³-hybridized carbons (Fsp3) is 0.474. The molecule has 1 aromatic heterocycles. The van der Waals surface area contributed by atoms with E-state index in [2.05, 4.69) is 63.6 Å². The average Bonchev–Trinajstić information content (AvgIpc) is 2.55. The highest BCUT2D eigenvalue weighted by Gasteiger charge is 2.11. The second-order valence-electron chi connectivity index (χ2n) is 6.74. The lowest BCUT2D eigenvalue weighted by Gasteiger charge is -2.28. The van der Waals surface area contributed by atoms with Crippen LogP contribution in [0.5, 0.6) is 0 Å². The molecule has 0 radical (unpaired) electrons. The third-order valence-electron chi connectivity index (χ3n) is 4.14. The zero-order valence-electron chi connectivity index (χ0n) is 14.8. The summed E-state index contributed by atoms with van der Waals surface area (Å²) in [6, 6.07) is 10.9. The first kappa shape index (κ1) is 16.6. The fourth-order valence-corrected chi connectivity index (χ4v) is 3.03. The second kappa shape index (κ2) is 7.51. The molecule has 1 aliphatic heterocycles. The lowest BCUT2D eigenvalue weighted by atomic mass is 10.1. The molecule has 2 N–H and O–H groups in total. The molecule has 0 amide bonds. The van der Waals surface area contributed by atoms with Crippen molar-refractivity contribution in [2.24, 2.45) is 0 Å². The molecule has 1 aromatic carbocycles. The number of hydrogen-bond donors (Lipinski definition) is 2. The molecule has 0 unspecified atom stereocenters. The van der Waals surface area contributed by atoms with Gasteiger partial charge in [0.15, 0.2) is 0 Å². The molecule has 1 fully saturated rings. The van der Waals surface area contributed by atoms with E-state index in [9.17, 15) is 0 Å². The fourth-order valence-electron chi connectivity index (χ4n) is 3.03. The predicted octanol–water partition coefficient (Wildman–Crippen LogP) is 4.34. The highest BCUT2D eigenvalue weighted by atomic mass is 15.2. The third-order valence-corrected chi connectivity index (χ3v) is 4.14. The largest absolute Gasteiger partial charge is 0.372 e. The van der Waals surface area contributed by atoms with Crippen LogP contribution in [0.25, 0.3) is 0 Å². The number of aryl methyl sites for hydroxylation is 1. The Bertz CT molecular complexity index is 660. The van der Waals surface area contributed by atoms with Crippen LogP contribution < -0.4 is 15.5 Å². The number of rotatable bonds is 5. The van der Waals surface area contributed by atoms with Crippen molar-refractivity contribution in [1.29, 1.82) is 0 Å². The quantitative estimate of drug-likeness (QED) is 0.856. The van der Waals surface area contributed by atoms with Gasteiger partial charge < -0.3 is 15.5 Å². The normalized spacial score (nSPS) is 14.8. The minimum Gasteiger partial charge on any atom is -0.372 e. The summed E-state index contributed by atoms with van der Waals surface area (Å²) in [5.41, 5.74) is 3.25. The summed E-state index contributed by atoms with van der Waals surface area (Å²) in [4.78, 5) is 11.5. The first-order chi connectivity index (χ1) is 11.6. The maximum absolute atomic E-state index is 4.54. The molecule has 2 heterocycles. The van der Waals surface area contributed by atoms with E-state index >= 15 is 0 Å². The van der Waals surface area contributed by atoms with Gasteiger partial charge in [-0.25, -0.2) is 4.98 Å². The van der Waals surface area contributed by atoms with Gasteiger partial charge in [0, 0.05) is 42.3 Å². The highest BCUT2D eigenvalue weighted by Crippen LogP contribution is 2.23. The first-order valence-corrected chi connectivity index (χ1v) is 8.84. The van der Waals surface area contributed by atoms with Crippen LogP contribution in [0.2, 0.25) is 0 Å². The smallest absolute Gasteiger partial charge is 0.229 e. The van der Waals surface area contributed by atoms with Gasteiger partial charge in [-0.2, -0.15) is 4.98 Å². The Morgan fingerprint density at radius 1 is 1.00 bits per heavy atom. The van der Waals surface area contributed by atoms with Gasteiger partial charge in [0.05, 0.1) is 0 Å². The van der Waals surface area contributed by atoms with Crippen LogP contribution in [-0.4, -0.2) is 29.1 Å². The molecule has 0 bridgehead atoms. The van der Waals surface area contributed by atoms with E-state index in [1.165, 1.54) is 24.9 Å². The van der Waals surface area contributed by atoms with Crippen molar-refractivity contribution in [3.05, 3.63) is 36.0 Å². The number of nitrogens with zero attached hydrogens (tertiary/aromatic N) is 3. The zero-order chi connectivity index (χ0) is 16.9. The van der Waals surface area contributed by atoms with Gasteiger partial charge in [-0.3, -0.25) is 0 Å². The van der Waals surface area contributed by atoms with Crippen molar-refractivity contribution in [1.82, 2.24) is 9.97 Å². The molecule has 0 spiro atoms. The standard InChI is InChI=1S/C19H27N5/c1-14(2)20-18-13-15(3)21-19(23-18)22-16-7-9-17(10-8-16)24-11-5-4-6-12-24/h7-10,13-14H,4-6,11-12H2,1-3H3,(H2,20,21,22,23). The molecule has 3 rings (SSSR count). The Balaban J connectivity index is 1.70. The number of aromatic nitrogens is 2. The molecule has 2 aromatic rings. The molecule has 0 aliphatic carbocycles. The van der Waals surface area contributed by atoms with Gasteiger partial charge >= 0.3 is 0 Å². The summed E-state index contributed by atoms with van der Waals surface area (Å²) >= 11 is 0. The number of hydrogen-bond acceptors (Lipinski definition) is 5. The van der Waals surface area contributed by atoms with Gasteiger partial charge in [-0.15, -0.1) is 0 Å². The average molecular weight is 325 g/mol. The Labute approximate surface area is 144 Å². The van der Waals surface area contributed by atoms with Gasteiger partial charge in [0.1, 0.15) is 5.82 Å². The van der Waals surface area contributed by atoms with Crippen molar-refractivity contribution < 1.29 is 0 Å². The van der Waals surface area contributed by atoms with E-state index in [1.54, 1.807) is 0 Å². The maximum atomic E-state index is 4.54. The second-order valence-corrected chi connectivity index (χ2v) is 6.74. The topological polar surface area (TPSA) is 53.1 Å². The van der Waals surface area contributed by atoms with Gasteiger partial charge in [-0.1, -0.05) is 0 Å². The molecule has 5 heteroatoms. The maximum Gasteiger partial charge on any atom is 0.229 e. The van der Waals surface area contributed by atoms with Crippen LogP contribution in [0, 0.1) is 6.92 Å². The van der Waals surface area contributed by atoms with Gasteiger partial charge in [-0.05, 0) is 64.3 Å². The molecule has 5 nitrogen and oxygen atoms in total. The summed E-state index contributed by atoms with van der Waals surface area (Å²) in [7, 11) is 0. The van der Waals surface area contributed by atoms with E-state index in [-0.39, 0.29) is 0 Å². The number of piperidine rings is 1. The van der Waals surface area contributed by atoms with E-state index in [0.29, 0.717) is 12.0 Å². The summed E-state index contributed by atoms with van der Waals surface area (Å²) in [6.45, 7) is 8.52. The Hall–Kier alpha value is -2.30. The highest BCUT2D eigenvalue weighted by molar-refractivity contribution is 5.60. The minimum absolute atomic E-state index is 0.343. The summed E-state index contributed by atoms with van der Waals surface area (Å²) in [5.74, 6) is 1.48. The van der Waals surface area contributed by atoms with E-state index < -0.39 is 0 Å². The third kappa shape index (κ3) is 4.37. The molecule has 128 valence electrons. The molecule has 24 heavy (non-hydrogen) atoms.